The third-order valence-corrected chi connectivity index (χ3v) is 3.86. The zero-order chi connectivity index (χ0) is 21.1. The molecule has 0 aliphatic heterocycles. The average molecular weight is 398 g/mol. The van der Waals surface area contributed by atoms with E-state index in [2.05, 4.69) is 13.5 Å². The van der Waals surface area contributed by atoms with Crippen LogP contribution >= 0.6 is 0 Å². The summed E-state index contributed by atoms with van der Waals surface area (Å²) in [5.74, 6) is 0.768. The van der Waals surface area contributed by atoms with Crippen molar-refractivity contribution in [3.8, 4) is 17.2 Å². The van der Waals surface area contributed by atoms with Gasteiger partial charge in [0.15, 0.2) is 0 Å². The Morgan fingerprint density at radius 3 is 2.17 bits per heavy atom. The van der Waals surface area contributed by atoms with Gasteiger partial charge in [-0.25, -0.2) is 9.59 Å². The van der Waals surface area contributed by atoms with Crippen molar-refractivity contribution < 1.29 is 28.5 Å². The van der Waals surface area contributed by atoms with E-state index >= 15 is 0 Å². The molecule has 0 aromatic heterocycles. The van der Waals surface area contributed by atoms with Gasteiger partial charge in [-0.05, 0) is 61.9 Å². The van der Waals surface area contributed by atoms with Gasteiger partial charge in [0, 0.05) is 6.08 Å². The summed E-state index contributed by atoms with van der Waals surface area (Å²) >= 11 is 0. The Bertz CT molecular complexity index is 795. The number of unbranched alkanes of at least 4 members (excludes halogenated alkanes) is 1. The molecule has 29 heavy (non-hydrogen) atoms. The van der Waals surface area contributed by atoms with Crippen molar-refractivity contribution in [2.24, 2.45) is 0 Å². The van der Waals surface area contributed by atoms with E-state index in [0.29, 0.717) is 23.7 Å². The van der Waals surface area contributed by atoms with Crippen LogP contribution in [-0.4, -0.2) is 31.3 Å². The first-order valence-electron chi connectivity index (χ1n) is 9.52. The summed E-state index contributed by atoms with van der Waals surface area (Å²) in [5.41, 5.74) is 0.395. The number of ether oxygens (including phenoxy) is 4. The van der Waals surface area contributed by atoms with Gasteiger partial charge in [0.1, 0.15) is 30.0 Å². The Balaban J connectivity index is 1.83. The molecule has 0 unspecified atom stereocenters. The summed E-state index contributed by atoms with van der Waals surface area (Å²) in [4.78, 5) is 23.4. The van der Waals surface area contributed by atoms with E-state index in [-0.39, 0.29) is 6.61 Å². The minimum Gasteiger partial charge on any atom is -0.494 e. The second-order valence-electron chi connectivity index (χ2n) is 6.35. The van der Waals surface area contributed by atoms with Crippen LogP contribution in [0.5, 0.6) is 17.2 Å². The summed E-state index contributed by atoms with van der Waals surface area (Å²) in [6, 6.07) is 13.5. The molecule has 154 valence electrons. The molecule has 6 nitrogen and oxygen atoms in total. The number of carbonyl (C=O) groups is 2. The van der Waals surface area contributed by atoms with E-state index in [1.165, 1.54) is 0 Å². The van der Waals surface area contributed by atoms with Crippen LogP contribution in [0.4, 0.5) is 0 Å². The molecule has 0 aliphatic carbocycles. The number of carbonyl (C=O) groups excluding carboxylic acids is 2. The largest absolute Gasteiger partial charge is 0.494 e. The molecule has 0 saturated heterocycles. The molecular formula is C23H26O6. The van der Waals surface area contributed by atoms with Crippen molar-refractivity contribution in [3.05, 3.63) is 66.7 Å². The predicted molar refractivity (Wildman–Crippen MR) is 109 cm³/mol. The Kier molecular flexibility index (Phi) is 8.76. The molecular weight excluding hydrogens is 372 g/mol. The first kappa shape index (κ1) is 22.0. The lowest BCUT2D eigenvalue weighted by Gasteiger charge is -2.13. The molecule has 0 N–H and O–H groups in total. The maximum atomic E-state index is 12.3. The SMILES string of the molecule is C=CC(=O)O[C@@H](C)COc1ccc(C(=O)Oc2ccc(OCCCC)cc2)cc1. The highest BCUT2D eigenvalue weighted by Crippen LogP contribution is 2.20. The fourth-order valence-corrected chi connectivity index (χ4v) is 2.29. The van der Waals surface area contributed by atoms with E-state index < -0.39 is 18.0 Å². The summed E-state index contributed by atoms with van der Waals surface area (Å²) in [7, 11) is 0. The van der Waals surface area contributed by atoms with Crippen LogP contribution in [0.3, 0.4) is 0 Å². The highest BCUT2D eigenvalue weighted by molar-refractivity contribution is 5.91. The Labute approximate surface area is 171 Å². The third kappa shape index (κ3) is 7.70. The first-order chi connectivity index (χ1) is 14.0. The number of benzene rings is 2. The fraction of sp³-hybridized carbons (Fsp3) is 0.304. The fourth-order valence-electron chi connectivity index (χ4n) is 2.29. The molecule has 0 bridgehead atoms. The lowest BCUT2D eigenvalue weighted by Crippen LogP contribution is -2.20. The second kappa shape index (κ2) is 11.5. The molecule has 0 amide bonds. The van der Waals surface area contributed by atoms with E-state index in [1.54, 1.807) is 55.5 Å². The Morgan fingerprint density at radius 1 is 0.966 bits per heavy atom. The molecule has 1 atom stereocenters. The lowest BCUT2D eigenvalue weighted by molar-refractivity contribution is -0.143. The van der Waals surface area contributed by atoms with Crippen LogP contribution < -0.4 is 14.2 Å². The maximum absolute atomic E-state index is 12.3. The molecule has 0 fully saturated rings. The van der Waals surface area contributed by atoms with E-state index in [9.17, 15) is 9.59 Å². The number of hydrogen-bond acceptors (Lipinski definition) is 6. The Morgan fingerprint density at radius 2 is 1.55 bits per heavy atom. The molecule has 0 radical (unpaired) electrons. The van der Waals surface area contributed by atoms with Crippen molar-refractivity contribution in [2.45, 2.75) is 32.8 Å². The van der Waals surface area contributed by atoms with Gasteiger partial charge < -0.3 is 18.9 Å². The Hall–Kier alpha value is -3.28. The smallest absolute Gasteiger partial charge is 0.343 e. The third-order valence-electron chi connectivity index (χ3n) is 3.86. The van der Waals surface area contributed by atoms with Crippen LogP contribution in [0.2, 0.25) is 0 Å². The monoisotopic (exact) mass is 398 g/mol. The minimum absolute atomic E-state index is 0.191. The van der Waals surface area contributed by atoms with Crippen molar-refractivity contribution in [3.63, 3.8) is 0 Å². The van der Waals surface area contributed by atoms with Crippen LogP contribution in [0, 0.1) is 0 Å². The van der Waals surface area contributed by atoms with Gasteiger partial charge in [-0.1, -0.05) is 19.9 Å². The topological polar surface area (TPSA) is 71.1 Å². The maximum Gasteiger partial charge on any atom is 0.343 e. The van der Waals surface area contributed by atoms with Gasteiger partial charge in [0.25, 0.3) is 0 Å². The number of esters is 2. The molecule has 6 heteroatoms. The molecule has 0 spiro atoms. The summed E-state index contributed by atoms with van der Waals surface area (Å²) in [6.45, 7) is 8.02. The van der Waals surface area contributed by atoms with E-state index in [4.69, 9.17) is 18.9 Å². The first-order valence-corrected chi connectivity index (χ1v) is 9.52. The molecule has 2 rings (SSSR count). The summed E-state index contributed by atoms with van der Waals surface area (Å²) in [5, 5.41) is 0. The van der Waals surface area contributed by atoms with Gasteiger partial charge in [-0.2, -0.15) is 0 Å². The average Bonchev–Trinajstić information content (AvgIpc) is 2.74. The zero-order valence-corrected chi connectivity index (χ0v) is 16.8. The van der Waals surface area contributed by atoms with Gasteiger partial charge in [-0.3, -0.25) is 0 Å². The summed E-state index contributed by atoms with van der Waals surface area (Å²) in [6.07, 6.45) is 2.75. The standard InChI is InChI=1S/C23H26O6/c1-4-6-15-26-19-11-13-21(14-12-19)29-23(25)18-7-9-20(10-8-18)27-16-17(3)28-22(24)5-2/h5,7-14,17H,2,4,6,15-16H2,1,3H3/t17-/m0/s1. The van der Waals surface area contributed by atoms with Gasteiger partial charge in [0.05, 0.1) is 12.2 Å². The van der Waals surface area contributed by atoms with Crippen molar-refractivity contribution in [1.82, 2.24) is 0 Å². The predicted octanol–water partition coefficient (Wildman–Crippen LogP) is 4.58. The molecule has 2 aromatic carbocycles. The van der Waals surface area contributed by atoms with Crippen molar-refractivity contribution in [2.75, 3.05) is 13.2 Å². The normalized spacial score (nSPS) is 11.2. The van der Waals surface area contributed by atoms with Crippen LogP contribution in [0.25, 0.3) is 0 Å². The number of hydrogen-bond donors (Lipinski definition) is 0. The van der Waals surface area contributed by atoms with Gasteiger partial charge in [-0.15, -0.1) is 0 Å². The molecule has 0 saturated carbocycles. The summed E-state index contributed by atoms with van der Waals surface area (Å²) < 4.78 is 21.5. The van der Waals surface area contributed by atoms with Gasteiger partial charge >= 0.3 is 11.9 Å². The number of rotatable bonds is 11. The van der Waals surface area contributed by atoms with Crippen LogP contribution in [-0.2, 0) is 9.53 Å². The highest BCUT2D eigenvalue weighted by atomic mass is 16.6. The van der Waals surface area contributed by atoms with Gasteiger partial charge in [0.2, 0.25) is 0 Å². The zero-order valence-electron chi connectivity index (χ0n) is 16.8. The van der Waals surface area contributed by atoms with Crippen LogP contribution in [0.1, 0.15) is 37.0 Å². The minimum atomic E-state index is -0.500. The lowest BCUT2D eigenvalue weighted by atomic mass is 10.2. The van der Waals surface area contributed by atoms with E-state index in [0.717, 1.165) is 24.7 Å². The second-order valence-corrected chi connectivity index (χ2v) is 6.35. The molecule has 0 heterocycles. The quantitative estimate of drug-likeness (QED) is 0.239. The molecule has 2 aromatic rings. The van der Waals surface area contributed by atoms with Crippen molar-refractivity contribution >= 4 is 11.9 Å². The molecule has 0 aliphatic rings. The van der Waals surface area contributed by atoms with Crippen LogP contribution in [0.15, 0.2) is 61.2 Å². The van der Waals surface area contributed by atoms with E-state index in [1.807, 2.05) is 0 Å². The van der Waals surface area contributed by atoms with Crippen molar-refractivity contribution in [1.29, 1.82) is 0 Å². The highest BCUT2D eigenvalue weighted by Gasteiger charge is 2.11.